The largest absolute Gasteiger partial charge is 0.466 e. The molecule has 2 aromatic rings. The van der Waals surface area contributed by atoms with Crippen LogP contribution in [0.15, 0.2) is 22.9 Å². The van der Waals surface area contributed by atoms with E-state index in [9.17, 15) is 4.79 Å². The normalized spacial score (nSPS) is 11.4. The van der Waals surface area contributed by atoms with Crippen LogP contribution in [0.2, 0.25) is 0 Å². The van der Waals surface area contributed by atoms with Crippen molar-refractivity contribution in [2.45, 2.75) is 34.1 Å². The number of carbonyl (C=O) groups excluding carboxylic acids is 1. The second-order valence-corrected chi connectivity index (χ2v) is 5.51. The van der Waals surface area contributed by atoms with E-state index >= 15 is 0 Å². The Morgan fingerprint density at radius 1 is 1.38 bits per heavy atom. The number of aromatic nitrogens is 3. The topological polar surface area (TPSA) is 78.1 Å². The lowest BCUT2D eigenvalue weighted by atomic mass is 9.89. The van der Waals surface area contributed by atoms with Crippen LogP contribution >= 0.6 is 0 Å². The third-order valence-electron chi connectivity index (χ3n) is 3.03. The van der Waals surface area contributed by atoms with Crippen LogP contribution in [0, 0.1) is 12.3 Å². The van der Waals surface area contributed by atoms with E-state index in [-0.39, 0.29) is 5.97 Å². The van der Waals surface area contributed by atoms with Gasteiger partial charge in [-0.1, -0.05) is 11.2 Å². The number of ether oxygens (including phenoxy) is 1. The molecule has 6 nitrogen and oxygen atoms in total. The number of esters is 1. The number of hydrogen-bond acceptors (Lipinski definition) is 6. The Hall–Kier alpha value is -2.24. The first-order chi connectivity index (χ1) is 9.92. The maximum atomic E-state index is 11.9. The first kappa shape index (κ1) is 15.2. The molecule has 0 spiro atoms. The van der Waals surface area contributed by atoms with Gasteiger partial charge in [0.25, 0.3) is 0 Å². The van der Waals surface area contributed by atoms with E-state index in [1.165, 1.54) is 0 Å². The van der Waals surface area contributed by atoms with Crippen LogP contribution in [0.5, 0.6) is 0 Å². The molecule has 6 heteroatoms. The molecule has 0 saturated carbocycles. The summed E-state index contributed by atoms with van der Waals surface area (Å²) >= 11 is 0. The minimum absolute atomic E-state index is 0.279. The van der Waals surface area contributed by atoms with Crippen LogP contribution in [0.25, 0.3) is 11.5 Å². The molecule has 0 saturated heterocycles. The van der Waals surface area contributed by atoms with Gasteiger partial charge in [-0.3, -0.25) is 9.78 Å². The van der Waals surface area contributed by atoms with Crippen molar-refractivity contribution in [2.24, 2.45) is 5.41 Å². The van der Waals surface area contributed by atoms with Crippen LogP contribution in [0.1, 0.15) is 32.2 Å². The molecule has 2 heterocycles. The third-order valence-corrected chi connectivity index (χ3v) is 3.03. The molecule has 0 bridgehead atoms. The lowest BCUT2D eigenvalue weighted by Crippen LogP contribution is -2.29. The van der Waals surface area contributed by atoms with E-state index in [1.807, 2.05) is 19.1 Å². The molecule has 0 radical (unpaired) electrons. The van der Waals surface area contributed by atoms with E-state index in [2.05, 4.69) is 15.1 Å². The lowest BCUT2D eigenvalue weighted by molar-refractivity contribution is -0.153. The molecule has 0 amide bonds. The van der Waals surface area contributed by atoms with E-state index in [1.54, 1.807) is 27.0 Å². The highest BCUT2D eigenvalue weighted by Gasteiger charge is 2.32. The van der Waals surface area contributed by atoms with E-state index in [0.29, 0.717) is 30.4 Å². The molecule has 112 valence electrons. The van der Waals surface area contributed by atoms with Gasteiger partial charge in [0.2, 0.25) is 11.7 Å². The molecular formula is C15H19N3O3. The van der Waals surface area contributed by atoms with Crippen molar-refractivity contribution < 1.29 is 14.1 Å². The molecule has 21 heavy (non-hydrogen) atoms. The van der Waals surface area contributed by atoms with Crippen LogP contribution in [-0.2, 0) is 16.0 Å². The molecule has 2 rings (SSSR count). The summed E-state index contributed by atoms with van der Waals surface area (Å²) in [5, 5.41) is 3.90. The summed E-state index contributed by atoms with van der Waals surface area (Å²) < 4.78 is 10.2. The van der Waals surface area contributed by atoms with E-state index in [0.717, 1.165) is 5.56 Å². The van der Waals surface area contributed by atoms with Gasteiger partial charge < -0.3 is 9.26 Å². The SMILES string of the molecule is CCOC(=O)C(C)(C)Cc1nc(-c2ccc(C)cn2)no1. The fraction of sp³-hybridized carbons (Fsp3) is 0.467. The monoisotopic (exact) mass is 289 g/mol. The Labute approximate surface area is 123 Å². The van der Waals surface area contributed by atoms with Crippen molar-refractivity contribution >= 4 is 5.97 Å². The predicted molar refractivity (Wildman–Crippen MR) is 76.4 cm³/mol. The quantitative estimate of drug-likeness (QED) is 0.787. The fourth-order valence-corrected chi connectivity index (χ4v) is 1.81. The van der Waals surface area contributed by atoms with Gasteiger partial charge in [-0.05, 0) is 39.3 Å². The summed E-state index contributed by atoms with van der Waals surface area (Å²) in [4.78, 5) is 20.4. The summed E-state index contributed by atoms with van der Waals surface area (Å²) in [6.45, 7) is 7.67. The Morgan fingerprint density at radius 2 is 2.14 bits per heavy atom. The van der Waals surface area contributed by atoms with Crippen molar-refractivity contribution in [1.29, 1.82) is 0 Å². The number of aryl methyl sites for hydroxylation is 1. The second-order valence-electron chi connectivity index (χ2n) is 5.51. The van der Waals surface area contributed by atoms with Crippen LogP contribution in [0.3, 0.4) is 0 Å². The number of nitrogens with zero attached hydrogens (tertiary/aromatic N) is 3. The molecule has 2 aromatic heterocycles. The molecule has 0 atom stereocenters. The average Bonchev–Trinajstić information content (AvgIpc) is 2.87. The highest BCUT2D eigenvalue weighted by Crippen LogP contribution is 2.24. The maximum Gasteiger partial charge on any atom is 0.312 e. The highest BCUT2D eigenvalue weighted by molar-refractivity contribution is 5.76. The van der Waals surface area contributed by atoms with Gasteiger partial charge in [0.15, 0.2) is 0 Å². The molecular weight excluding hydrogens is 270 g/mol. The molecule has 0 unspecified atom stereocenters. The van der Waals surface area contributed by atoms with Gasteiger partial charge in [-0.25, -0.2) is 0 Å². The van der Waals surface area contributed by atoms with Gasteiger partial charge in [0.1, 0.15) is 5.69 Å². The summed E-state index contributed by atoms with van der Waals surface area (Å²) in [6.07, 6.45) is 2.07. The minimum atomic E-state index is -0.708. The molecule has 0 fully saturated rings. The fourth-order valence-electron chi connectivity index (χ4n) is 1.81. The standard InChI is InChI=1S/C15H19N3O3/c1-5-20-14(19)15(3,4)8-12-17-13(18-21-12)11-7-6-10(2)9-16-11/h6-7,9H,5,8H2,1-4H3. The summed E-state index contributed by atoms with van der Waals surface area (Å²) in [5.41, 5.74) is 0.996. The minimum Gasteiger partial charge on any atom is -0.466 e. The molecule has 0 aliphatic carbocycles. The Morgan fingerprint density at radius 3 is 2.76 bits per heavy atom. The van der Waals surface area contributed by atoms with Crippen LogP contribution in [0.4, 0.5) is 0 Å². The second kappa shape index (κ2) is 6.03. The van der Waals surface area contributed by atoms with E-state index in [4.69, 9.17) is 9.26 Å². The summed E-state index contributed by atoms with van der Waals surface area (Å²) in [6, 6.07) is 3.77. The Bertz CT molecular complexity index is 617. The Kier molecular flexibility index (Phi) is 4.35. The van der Waals surface area contributed by atoms with Gasteiger partial charge in [-0.2, -0.15) is 4.98 Å². The Balaban J connectivity index is 2.13. The predicted octanol–water partition coefficient (Wildman–Crippen LogP) is 2.57. The highest BCUT2D eigenvalue weighted by atomic mass is 16.5. The zero-order chi connectivity index (χ0) is 15.5. The van der Waals surface area contributed by atoms with Gasteiger partial charge >= 0.3 is 5.97 Å². The van der Waals surface area contributed by atoms with Crippen molar-refractivity contribution in [1.82, 2.24) is 15.1 Å². The first-order valence-corrected chi connectivity index (χ1v) is 6.85. The number of rotatable bonds is 5. The lowest BCUT2D eigenvalue weighted by Gasteiger charge is -2.19. The third kappa shape index (κ3) is 3.65. The number of pyridine rings is 1. The van der Waals surface area contributed by atoms with Crippen molar-refractivity contribution in [2.75, 3.05) is 6.61 Å². The van der Waals surface area contributed by atoms with Gasteiger partial charge in [0, 0.05) is 12.6 Å². The van der Waals surface area contributed by atoms with Crippen molar-refractivity contribution in [3.8, 4) is 11.5 Å². The zero-order valence-corrected chi connectivity index (χ0v) is 12.7. The zero-order valence-electron chi connectivity index (χ0n) is 12.7. The average molecular weight is 289 g/mol. The van der Waals surface area contributed by atoms with Crippen molar-refractivity contribution in [3.63, 3.8) is 0 Å². The van der Waals surface area contributed by atoms with Gasteiger partial charge in [-0.15, -0.1) is 0 Å². The number of carbonyl (C=O) groups is 1. The molecule has 0 N–H and O–H groups in total. The number of hydrogen-bond donors (Lipinski definition) is 0. The smallest absolute Gasteiger partial charge is 0.312 e. The molecule has 0 aromatic carbocycles. The van der Waals surface area contributed by atoms with E-state index < -0.39 is 5.41 Å². The maximum absolute atomic E-state index is 11.9. The summed E-state index contributed by atoms with van der Waals surface area (Å²) in [7, 11) is 0. The molecule has 0 aliphatic rings. The van der Waals surface area contributed by atoms with Gasteiger partial charge in [0.05, 0.1) is 12.0 Å². The summed E-state index contributed by atoms with van der Waals surface area (Å²) in [5.74, 6) is 0.535. The van der Waals surface area contributed by atoms with Crippen LogP contribution < -0.4 is 0 Å². The van der Waals surface area contributed by atoms with Crippen LogP contribution in [-0.4, -0.2) is 27.7 Å². The van der Waals surface area contributed by atoms with Crippen molar-refractivity contribution in [3.05, 3.63) is 29.8 Å². The molecule has 0 aliphatic heterocycles. The first-order valence-electron chi connectivity index (χ1n) is 6.85.